The molecule has 0 saturated heterocycles. The summed E-state index contributed by atoms with van der Waals surface area (Å²) in [6.45, 7) is 0. The molecule has 0 aliphatic carbocycles. The van der Waals surface area contributed by atoms with E-state index in [1.807, 2.05) is 12.1 Å². The van der Waals surface area contributed by atoms with Crippen LogP contribution in [0.4, 0.5) is 22.9 Å². The zero-order valence-electron chi connectivity index (χ0n) is 11.3. The average molecular weight is 274 g/mol. The summed E-state index contributed by atoms with van der Waals surface area (Å²) in [6.07, 6.45) is 1.72. The van der Waals surface area contributed by atoms with E-state index in [-0.39, 0.29) is 0 Å². The number of hydrogen-bond donors (Lipinski definition) is 2. The van der Waals surface area contributed by atoms with Crippen molar-refractivity contribution in [3.8, 4) is 5.75 Å². The van der Waals surface area contributed by atoms with E-state index >= 15 is 0 Å². The number of pyridine rings is 1. The Hall–Kier alpha value is -2.83. The molecule has 4 N–H and O–H groups in total. The van der Waals surface area contributed by atoms with Gasteiger partial charge in [0.05, 0.1) is 23.6 Å². The van der Waals surface area contributed by atoms with Crippen LogP contribution in [-0.2, 0) is 0 Å². The van der Waals surface area contributed by atoms with E-state index in [4.69, 9.17) is 21.0 Å². The third kappa shape index (κ3) is 2.77. The van der Waals surface area contributed by atoms with E-state index in [2.05, 4.69) is 10.2 Å². The summed E-state index contributed by atoms with van der Waals surface area (Å²) in [5.41, 5.74) is 13.0. The molecular formula is C13H16N5O2+. The first-order valence-corrected chi connectivity index (χ1v) is 5.85. The van der Waals surface area contributed by atoms with Crippen LogP contribution in [0.25, 0.3) is 0 Å². The molecule has 0 fully saturated rings. The average Bonchev–Trinajstić information content (AvgIpc) is 2.46. The van der Waals surface area contributed by atoms with Crippen molar-refractivity contribution >= 4 is 22.9 Å². The van der Waals surface area contributed by atoms with Gasteiger partial charge in [0.2, 0.25) is 0 Å². The molecule has 1 heterocycles. The van der Waals surface area contributed by atoms with Crippen LogP contribution < -0.4 is 25.8 Å². The normalized spacial score (nSPS) is 10.7. The van der Waals surface area contributed by atoms with Crippen LogP contribution in [-0.4, -0.2) is 14.2 Å². The maximum absolute atomic E-state index is 5.85. The molecule has 1 aromatic carbocycles. The highest BCUT2D eigenvalue weighted by Crippen LogP contribution is 2.33. The van der Waals surface area contributed by atoms with Gasteiger partial charge in [0.15, 0.2) is 0 Å². The van der Waals surface area contributed by atoms with E-state index in [9.17, 15) is 0 Å². The number of anilines is 2. The van der Waals surface area contributed by atoms with Crippen LogP contribution in [0.15, 0.2) is 46.8 Å². The lowest BCUT2D eigenvalue weighted by molar-refractivity contribution is -0.875. The fraction of sp³-hybridized carbons (Fsp3) is 0.154. The van der Waals surface area contributed by atoms with Gasteiger partial charge in [-0.3, -0.25) is 0 Å². The van der Waals surface area contributed by atoms with Crippen molar-refractivity contribution in [3.63, 3.8) is 0 Å². The van der Waals surface area contributed by atoms with Crippen molar-refractivity contribution < 1.29 is 14.3 Å². The molecular weight excluding hydrogens is 258 g/mol. The number of nitrogens with zero attached hydrogens (tertiary/aromatic N) is 3. The Labute approximate surface area is 116 Å². The van der Waals surface area contributed by atoms with Gasteiger partial charge in [-0.05, 0) is 28.0 Å². The highest BCUT2D eigenvalue weighted by molar-refractivity contribution is 5.73. The first-order valence-electron chi connectivity index (χ1n) is 5.85. The Bertz CT molecular complexity index is 643. The predicted octanol–water partition coefficient (Wildman–Crippen LogP) is 1.62. The van der Waals surface area contributed by atoms with Crippen molar-refractivity contribution in [1.29, 1.82) is 0 Å². The van der Waals surface area contributed by atoms with Crippen LogP contribution in [0.1, 0.15) is 0 Å². The van der Waals surface area contributed by atoms with Gasteiger partial charge in [0.25, 0.3) is 0 Å². The number of nitrogens with two attached hydrogens (primary N) is 2. The highest BCUT2D eigenvalue weighted by Gasteiger charge is 2.11. The van der Waals surface area contributed by atoms with E-state index in [0.717, 1.165) is 0 Å². The van der Waals surface area contributed by atoms with Crippen molar-refractivity contribution in [2.75, 3.05) is 25.7 Å². The van der Waals surface area contributed by atoms with E-state index in [1.165, 1.54) is 11.8 Å². The van der Waals surface area contributed by atoms with Gasteiger partial charge < -0.3 is 21.0 Å². The van der Waals surface area contributed by atoms with Crippen LogP contribution in [0.2, 0.25) is 0 Å². The number of hydrogen-bond acceptors (Lipinski definition) is 6. The monoisotopic (exact) mass is 274 g/mol. The maximum Gasteiger partial charge on any atom is 0.388 e. The van der Waals surface area contributed by atoms with Gasteiger partial charge in [-0.1, -0.05) is 0 Å². The minimum absolute atomic E-state index is 0.423. The summed E-state index contributed by atoms with van der Waals surface area (Å²) < 4.78 is 6.61. The Balaban J connectivity index is 2.36. The fourth-order valence-electron chi connectivity index (χ4n) is 1.62. The largest absolute Gasteiger partial charge is 0.495 e. The minimum Gasteiger partial charge on any atom is -0.495 e. The Morgan fingerprint density at radius 1 is 1.05 bits per heavy atom. The molecule has 20 heavy (non-hydrogen) atoms. The molecule has 2 rings (SSSR count). The lowest BCUT2D eigenvalue weighted by Crippen LogP contribution is -2.39. The van der Waals surface area contributed by atoms with Gasteiger partial charge in [-0.2, -0.15) is 0 Å². The van der Waals surface area contributed by atoms with Gasteiger partial charge in [0, 0.05) is 12.1 Å². The van der Waals surface area contributed by atoms with Crippen molar-refractivity contribution in [2.45, 2.75) is 0 Å². The highest BCUT2D eigenvalue weighted by atomic mass is 16.6. The van der Waals surface area contributed by atoms with Gasteiger partial charge in [-0.25, -0.2) is 0 Å². The molecule has 0 bridgehead atoms. The van der Waals surface area contributed by atoms with E-state index in [1.54, 1.807) is 31.5 Å². The first-order chi connectivity index (χ1) is 9.65. The van der Waals surface area contributed by atoms with Crippen molar-refractivity contribution in [2.24, 2.45) is 10.2 Å². The van der Waals surface area contributed by atoms with E-state index < -0.39 is 0 Å². The Morgan fingerprint density at radius 3 is 2.55 bits per heavy atom. The molecule has 0 aliphatic heterocycles. The van der Waals surface area contributed by atoms with Crippen LogP contribution in [0, 0.1) is 0 Å². The SMILES string of the molecule is COc1cc(N=Nc2cccc[n+]2OC)c(N)cc1N. The summed E-state index contributed by atoms with van der Waals surface area (Å²) in [5, 5.41) is 8.20. The van der Waals surface area contributed by atoms with Gasteiger partial charge in [-0.15, -0.1) is 0 Å². The molecule has 7 nitrogen and oxygen atoms in total. The number of aromatic nitrogens is 1. The number of ether oxygens (including phenoxy) is 1. The molecule has 1 aromatic heterocycles. The summed E-state index contributed by atoms with van der Waals surface area (Å²) >= 11 is 0. The lowest BCUT2D eigenvalue weighted by atomic mass is 10.2. The van der Waals surface area contributed by atoms with Gasteiger partial charge >= 0.3 is 5.82 Å². The maximum atomic E-state index is 5.85. The zero-order valence-corrected chi connectivity index (χ0v) is 11.3. The van der Waals surface area contributed by atoms with Crippen LogP contribution in [0.5, 0.6) is 5.75 Å². The van der Waals surface area contributed by atoms with E-state index in [0.29, 0.717) is 28.6 Å². The molecule has 2 aromatic rings. The molecule has 0 amide bonds. The first kappa shape index (κ1) is 13.6. The van der Waals surface area contributed by atoms with Crippen molar-refractivity contribution in [1.82, 2.24) is 0 Å². The predicted molar refractivity (Wildman–Crippen MR) is 75.1 cm³/mol. The second-order valence-corrected chi connectivity index (χ2v) is 3.92. The second-order valence-electron chi connectivity index (χ2n) is 3.92. The zero-order chi connectivity index (χ0) is 14.5. The summed E-state index contributed by atoms with van der Waals surface area (Å²) in [7, 11) is 3.07. The molecule has 0 unspecified atom stereocenters. The Kier molecular flexibility index (Phi) is 3.99. The molecule has 0 atom stereocenters. The third-order valence-electron chi connectivity index (χ3n) is 2.64. The number of nitrogen functional groups attached to an aromatic ring is 2. The fourth-order valence-corrected chi connectivity index (χ4v) is 1.62. The summed E-state index contributed by atoms with van der Waals surface area (Å²) in [5.74, 6) is 1.03. The Morgan fingerprint density at radius 2 is 1.85 bits per heavy atom. The standard InChI is InChI=1S/C13H15N5O2/c1-19-12-8-11(9(14)7-10(12)15)16-17-13-5-3-4-6-18(13)20-2/h3-8H,1-2H3,(H3,14,15)/p+1. The number of azo groups is 1. The molecule has 0 radical (unpaired) electrons. The third-order valence-corrected chi connectivity index (χ3v) is 2.64. The molecule has 104 valence electrons. The molecule has 0 spiro atoms. The smallest absolute Gasteiger partial charge is 0.388 e. The topological polar surface area (TPSA) is 99.1 Å². The number of benzene rings is 1. The lowest BCUT2D eigenvalue weighted by Gasteiger charge is -2.05. The molecule has 7 heteroatoms. The summed E-state index contributed by atoms with van der Waals surface area (Å²) in [6, 6.07) is 8.63. The minimum atomic E-state index is 0.423. The number of methoxy groups -OCH3 is 1. The quantitative estimate of drug-likeness (QED) is 0.502. The number of rotatable bonds is 4. The summed E-state index contributed by atoms with van der Waals surface area (Å²) in [4.78, 5) is 5.11. The second kappa shape index (κ2) is 5.87. The van der Waals surface area contributed by atoms with Crippen LogP contribution >= 0.6 is 0 Å². The van der Waals surface area contributed by atoms with Gasteiger partial charge in [0.1, 0.15) is 24.7 Å². The van der Waals surface area contributed by atoms with Crippen molar-refractivity contribution in [3.05, 3.63) is 36.5 Å². The van der Waals surface area contributed by atoms with Crippen LogP contribution in [0.3, 0.4) is 0 Å². The molecule has 0 saturated carbocycles. The molecule has 0 aliphatic rings.